The van der Waals surface area contributed by atoms with E-state index in [0.29, 0.717) is 17.7 Å². The first-order valence-corrected chi connectivity index (χ1v) is 9.45. The van der Waals surface area contributed by atoms with Crippen LogP contribution in [0.1, 0.15) is 25.3 Å². The zero-order chi connectivity index (χ0) is 20.3. The van der Waals surface area contributed by atoms with Gasteiger partial charge in [0, 0.05) is 24.2 Å². The lowest BCUT2D eigenvalue weighted by Gasteiger charge is -2.23. The second-order valence-corrected chi connectivity index (χ2v) is 8.49. The smallest absolute Gasteiger partial charge is 0.382 e. The van der Waals surface area contributed by atoms with Gasteiger partial charge in [0.2, 0.25) is 0 Å². The molecule has 0 amide bonds. The van der Waals surface area contributed by atoms with Crippen LogP contribution in [0.5, 0.6) is 0 Å². The average Bonchev–Trinajstić information content (AvgIpc) is 3.08. The van der Waals surface area contributed by atoms with Gasteiger partial charge >= 0.3 is 6.18 Å². The van der Waals surface area contributed by atoms with Gasteiger partial charge in [0.1, 0.15) is 11.5 Å². The van der Waals surface area contributed by atoms with Crippen molar-refractivity contribution in [3.8, 4) is 11.3 Å². The third kappa shape index (κ3) is 3.39. The predicted molar refractivity (Wildman–Crippen MR) is 103 cm³/mol. The number of alkyl halides is 3. The molecule has 0 spiro atoms. The second-order valence-electron chi connectivity index (χ2n) is 8.11. The number of nitrogens with zero attached hydrogens (tertiary/aromatic N) is 3. The normalized spacial score (nSPS) is 27.3. The van der Waals surface area contributed by atoms with E-state index in [1.165, 1.54) is 12.1 Å². The molecule has 1 aliphatic heterocycles. The monoisotopic (exact) mass is 411 g/mol. The van der Waals surface area contributed by atoms with Crippen LogP contribution in [-0.4, -0.2) is 28.6 Å². The van der Waals surface area contributed by atoms with Gasteiger partial charge in [0.05, 0.1) is 16.8 Å². The van der Waals surface area contributed by atoms with Crippen molar-refractivity contribution >= 4 is 23.2 Å². The minimum Gasteiger partial charge on any atom is -0.382 e. The number of halogens is 4. The summed E-state index contributed by atoms with van der Waals surface area (Å²) in [6.07, 6.45) is -1.07. The average molecular weight is 412 g/mol. The van der Waals surface area contributed by atoms with Gasteiger partial charge in [0.25, 0.3) is 0 Å². The zero-order valence-electron chi connectivity index (χ0n) is 15.3. The van der Waals surface area contributed by atoms with Crippen LogP contribution in [0.4, 0.5) is 24.8 Å². The van der Waals surface area contributed by atoms with Gasteiger partial charge in [0.15, 0.2) is 5.82 Å². The standard InChI is InChI=1S/C19H21ClF3N5/c1-18(25)5-10-8-28(9-11(10)6-18)14-7-26-16(17(24)27-14)12-3-2-4-13(15(12)20)19(21,22)23/h2-4,7,10-11H,5-6,8-9,25H2,1H3,(H2,24,27)/t10-,11+,18?. The van der Waals surface area contributed by atoms with Gasteiger partial charge in [-0.15, -0.1) is 0 Å². The first-order valence-electron chi connectivity index (χ1n) is 9.07. The molecular formula is C19H21ClF3N5. The number of benzene rings is 1. The Kier molecular flexibility index (Phi) is 4.46. The summed E-state index contributed by atoms with van der Waals surface area (Å²) in [6, 6.07) is 3.67. The molecule has 1 aliphatic carbocycles. The molecule has 1 unspecified atom stereocenters. The maximum atomic E-state index is 13.1. The quantitative estimate of drug-likeness (QED) is 0.781. The van der Waals surface area contributed by atoms with Crippen molar-refractivity contribution in [2.45, 2.75) is 31.5 Å². The van der Waals surface area contributed by atoms with Crippen LogP contribution < -0.4 is 16.4 Å². The molecule has 0 radical (unpaired) electrons. The Morgan fingerprint density at radius 1 is 1.21 bits per heavy atom. The molecule has 4 rings (SSSR count). The van der Waals surface area contributed by atoms with Crippen LogP contribution in [0.2, 0.25) is 5.02 Å². The lowest BCUT2D eigenvalue weighted by atomic mass is 10.00. The van der Waals surface area contributed by atoms with Gasteiger partial charge in [-0.2, -0.15) is 13.2 Å². The molecule has 2 aliphatic rings. The number of nitrogens with two attached hydrogens (primary N) is 2. The summed E-state index contributed by atoms with van der Waals surface area (Å²) in [6.45, 7) is 3.74. The number of anilines is 2. The Morgan fingerprint density at radius 2 is 1.86 bits per heavy atom. The summed E-state index contributed by atoms with van der Waals surface area (Å²) in [7, 11) is 0. The Balaban J connectivity index is 1.60. The number of rotatable bonds is 2. The van der Waals surface area contributed by atoms with Gasteiger partial charge < -0.3 is 16.4 Å². The van der Waals surface area contributed by atoms with E-state index >= 15 is 0 Å². The van der Waals surface area contributed by atoms with Crippen molar-refractivity contribution < 1.29 is 13.2 Å². The summed E-state index contributed by atoms with van der Waals surface area (Å²) in [5.74, 6) is 1.70. The van der Waals surface area contributed by atoms with Gasteiger partial charge in [-0.05, 0) is 37.7 Å². The molecular weight excluding hydrogens is 391 g/mol. The molecule has 2 fully saturated rings. The van der Waals surface area contributed by atoms with E-state index in [9.17, 15) is 13.2 Å². The van der Waals surface area contributed by atoms with Crippen LogP contribution in [0.15, 0.2) is 24.4 Å². The summed E-state index contributed by atoms with van der Waals surface area (Å²) >= 11 is 5.99. The lowest BCUT2D eigenvalue weighted by Crippen LogP contribution is -2.35. The third-order valence-corrected chi connectivity index (χ3v) is 6.11. The van der Waals surface area contributed by atoms with Crippen molar-refractivity contribution in [2.75, 3.05) is 23.7 Å². The molecule has 1 saturated carbocycles. The zero-order valence-corrected chi connectivity index (χ0v) is 16.1. The molecule has 1 saturated heterocycles. The lowest BCUT2D eigenvalue weighted by molar-refractivity contribution is -0.137. The van der Waals surface area contributed by atoms with Crippen LogP contribution in [0.25, 0.3) is 11.3 Å². The molecule has 1 aromatic heterocycles. The largest absolute Gasteiger partial charge is 0.417 e. The second kappa shape index (κ2) is 6.49. The topological polar surface area (TPSA) is 81.1 Å². The van der Waals surface area contributed by atoms with Gasteiger partial charge in [-0.25, -0.2) is 9.97 Å². The molecule has 3 atom stereocenters. The van der Waals surface area contributed by atoms with Gasteiger partial charge in [-0.3, -0.25) is 0 Å². The van der Waals surface area contributed by atoms with Crippen molar-refractivity contribution in [3.05, 3.63) is 35.0 Å². The highest BCUT2D eigenvalue weighted by atomic mass is 35.5. The van der Waals surface area contributed by atoms with Crippen LogP contribution in [0, 0.1) is 11.8 Å². The number of aromatic nitrogens is 2. The van der Waals surface area contributed by atoms with Crippen LogP contribution >= 0.6 is 11.6 Å². The van der Waals surface area contributed by atoms with Crippen LogP contribution in [-0.2, 0) is 6.18 Å². The predicted octanol–water partition coefficient (Wildman–Crippen LogP) is 3.96. The first-order chi connectivity index (χ1) is 13.0. The van der Waals surface area contributed by atoms with E-state index in [1.54, 1.807) is 6.20 Å². The minimum absolute atomic E-state index is 0.0550. The van der Waals surface area contributed by atoms with Crippen molar-refractivity contribution in [1.82, 2.24) is 9.97 Å². The number of hydrogen-bond acceptors (Lipinski definition) is 5. The molecule has 28 heavy (non-hydrogen) atoms. The fourth-order valence-electron chi connectivity index (χ4n) is 4.56. The van der Waals surface area contributed by atoms with E-state index in [4.69, 9.17) is 23.1 Å². The SMILES string of the molecule is CC1(N)C[C@H]2CN(c3cnc(-c4cccc(C(F)(F)F)c4Cl)c(N)n3)C[C@H]2C1. The highest BCUT2D eigenvalue weighted by molar-refractivity contribution is 6.34. The van der Waals surface area contributed by atoms with E-state index in [0.717, 1.165) is 32.0 Å². The summed E-state index contributed by atoms with van der Waals surface area (Å²) in [5, 5.41) is -0.429. The molecule has 1 aromatic carbocycles. The van der Waals surface area contributed by atoms with Crippen molar-refractivity contribution in [1.29, 1.82) is 0 Å². The van der Waals surface area contributed by atoms with Crippen molar-refractivity contribution in [3.63, 3.8) is 0 Å². The van der Waals surface area contributed by atoms with Crippen LogP contribution in [0.3, 0.4) is 0 Å². The Bertz CT molecular complexity index is 899. The highest BCUT2D eigenvalue weighted by Gasteiger charge is 2.45. The molecule has 150 valence electrons. The molecule has 2 aromatic rings. The molecule has 9 heteroatoms. The van der Waals surface area contributed by atoms with E-state index in [2.05, 4.69) is 21.8 Å². The number of fused-ring (bicyclic) bond motifs is 1. The maximum Gasteiger partial charge on any atom is 0.417 e. The van der Waals surface area contributed by atoms with Gasteiger partial charge in [-0.1, -0.05) is 23.7 Å². The van der Waals surface area contributed by atoms with E-state index in [1.807, 2.05) is 0 Å². The van der Waals surface area contributed by atoms with E-state index < -0.39 is 16.8 Å². The summed E-state index contributed by atoms with van der Waals surface area (Å²) in [4.78, 5) is 10.8. The molecule has 4 N–H and O–H groups in total. The Labute approximate surface area is 165 Å². The highest BCUT2D eigenvalue weighted by Crippen LogP contribution is 2.44. The number of nitrogen functional groups attached to an aromatic ring is 1. The summed E-state index contributed by atoms with van der Waals surface area (Å²) < 4.78 is 39.3. The number of hydrogen-bond donors (Lipinski definition) is 2. The summed E-state index contributed by atoms with van der Waals surface area (Å²) in [5.41, 5.74) is 11.5. The third-order valence-electron chi connectivity index (χ3n) is 5.70. The molecule has 2 heterocycles. The maximum absolute atomic E-state index is 13.1. The molecule has 0 bridgehead atoms. The first kappa shape index (κ1) is 19.3. The van der Waals surface area contributed by atoms with E-state index in [-0.39, 0.29) is 22.6 Å². The fraction of sp³-hybridized carbons (Fsp3) is 0.474. The van der Waals surface area contributed by atoms with Crippen molar-refractivity contribution in [2.24, 2.45) is 17.6 Å². The minimum atomic E-state index is -4.56. The fourth-order valence-corrected chi connectivity index (χ4v) is 4.88. The molecule has 5 nitrogen and oxygen atoms in total. The Hall–Kier alpha value is -2.06. The Morgan fingerprint density at radius 3 is 2.43 bits per heavy atom.